The number of carbonyl (C=O) groups is 3. The number of rotatable bonds is 6. The zero-order valence-corrected chi connectivity index (χ0v) is 13.3. The Morgan fingerprint density at radius 1 is 1.19 bits per heavy atom. The Bertz CT molecular complexity index is 374. The van der Waals surface area contributed by atoms with Gasteiger partial charge in [0.15, 0.2) is 0 Å². The second-order valence-corrected chi connectivity index (χ2v) is 5.74. The number of hydrogen-bond acceptors (Lipinski definition) is 7. The van der Waals surface area contributed by atoms with Crippen LogP contribution in [-0.4, -0.2) is 35.8 Å². The lowest BCUT2D eigenvalue weighted by molar-refractivity contribution is -0.155. The summed E-state index contributed by atoms with van der Waals surface area (Å²) in [4.78, 5) is 34.2. The number of carbonyl (C=O) groups excluding carboxylic acids is 3. The van der Waals surface area contributed by atoms with Crippen molar-refractivity contribution < 1.29 is 28.6 Å². The molecule has 0 aliphatic heterocycles. The molecule has 0 aromatic heterocycles. The van der Waals surface area contributed by atoms with E-state index in [1.807, 2.05) is 6.92 Å². The number of ether oxygens (including phenoxy) is 3. The summed E-state index contributed by atoms with van der Waals surface area (Å²) in [6.45, 7) is 8.72. The minimum absolute atomic E-state index is 0.0321. The van der Waals surface area contributed by atoms with Crippen molar-refractivity contribution in [3.8, 4) is 0 Å². The third-order valence-electron chi connectivity index (χ3n) is 2.44. The summed E-state index contributed by atoms with van der Waals surface area (Å²) in [6.07, 6.45) is -0.822. The highest BCUT2D eigenvalue weighted by molar-refractivity contribution is 5.85. The van der Waals surface area contributed by atoms with Gasteiger partial charge < -0.3 is 19.9 Å². The standard InChI is InChI=1S/C14H25NO6/c1-6-9(2)19-13(18)20-12(17)10(15)7-8-11(16)21-14(3,4)5/h9-10H,6-8,15H2,1-5H3/t9-,10-/m0/s1. The summed E-state index contributed by atoms with van der Waals surface area (Å²) in [5.41, 5.74) is 4.96. The molecule has 0 saturated carbocycles. The van der Waals surface area contributed by atoms with Crippen LogP contribution >= 0.6 is 0 Å². The molecule has 0 radical (unpaired) electrons. The molecule has 7 nitrogen and oxygen atoms in total. The molecule has 122 valence electrons. The van der Waals surface area contributed by atoms with Gasteiger partial charge in [-0.25, -0.2) is 9.59 Å². The van der Waals surface area contributed by atoms with E-state index in [-0.39, 0.29) is 18.9 Å². The molecule has 0 saturated heterocycles. The minimum Gasteiger partial charge on any atom is -0.460 e. The molecule has 7 heteroatoms. The molecular weight excluding hydrogens is 278 g/mol. The van der Waals surface area contributed by atoms with Gasteiger partial charge in [-0.3, -0.25) is 4.79 Å². The predicted octanol–water partition coefficient (Wildman–Crippen LogP) is 1.91. The fourth-order valence-electron chi connectivity index (χ4n) is 1.21. The average Bonchev–Trinajstić information content (AvgIpc) is 2.33. The summed E-state index contributed by atoms with van der Waals surface area (Å²) in [6, 6.07) is -1.08. The predicted molar refractivity (Wildman–Crippen MR) is 75.4 cm³/mol. The van der Waals surface area contributed by atoms with E-state index < -0.39 is 29.7 Å². The highest BCUT2D eigenvalue weighted by Gasteiger charge is 2.23. The molecule has 2 N–H and O–H groups in total. The first-order valence-corrected chi connectivity index (χ1v) is 6.95. The molecule has 0 aliphatic carbocycles. The second kappa shape index (κ2) is 8.61. The first-order chi connectivity index (χ1) is 9.55. The quantitative estimate of drug-likeness (QED) is 0.590. The third-order valence-corrected chi connectivity index (χ3v) is 2.44. The van der Waals surface area contributed by atoms with Crippen molar-refractivity contribution in [2.24, 2.45) is 5.73 Å². The first-order valence-electron chi connectivity index (χ1n) is 6.95. The van der Waals surface area contributed by atoms with Crippen molar-refractivity contribution >= 4 is 18.1 Å². The average molecular weight is 303 g/mol. The van der Waals surface area contributed by atoms with Gasteiger partial charge in [0.1, 0.15) is 17.7 Å². The molecule has 0 heterocycles. The van der Waals surface area contributed by atoms with Gasteiger partial charge in [0.25, 0.3) is 0 Å². The van der Waals surface area contributed by atoms with Crippen molar-refractivity contribution in [1.82, 2.24) is 0 Å². The van der Waals surface area contributed by atoms with Gasteiger partial charge in [0.05, 0.1) is 0 Å². The maximum Gasteiger partial charge on any atom is 0.516 e. The largest absolute Gasteiger partial charge is 0.516 e. The Hall–Kier alpha value is -1.63. The molecule has 21 heavy (non-hydrogen) atoms. The zero-order chi connectivity index (χ0) is 16.6. The van der Waals surface area contributed by atoms with Gasteiger partial charge in [-0.15, -0.1) is 0 Å². The molecule has 0 bridgehead atoms. The monoisotopic (exact) mass is 303 g/mol. The van der Waals surface area contributed by atoms with Crippen LogP contribution in [-0.2, 0) is 23.8 Å². The van der Waals surface area contributed by atoms with Crippen LogP contribution in [0.4, 0.5) is 4.79 Å². The summed E-state index contributed by atoms with van der Waals surface area (Å²) in [5, 5.41) is 0. The lowest BCUT2D eigenvalue weighted by Gasteiger charge is -2.19. The molecule has 0 aliphatic rings. The SMILES string of the molecule is CC[C@H](C)OC(=O)OC(=O)[C@@H](N)CCC(=O)OC(C)(C)C. The van der Waals surface area contributed by atoms with Crippen LogP contribution in [0.25, 0.3) is 0 Å². The van der Waals surface area contributed by atoms with E-state index in [4.69, 9.17) is 15.2 Å². The molecular formula is C14H25NO6. The van der Waals surface area contributed by atoms with Crippen LogP contribution in [0.3, 0.4) is 0 Å². The van der Waals surface area contributed by atoms with Crippen molar-refractivity contribution in [1.29, 1.82) is 0 Å². The Morgan fingerprint density at radius 3 is 2.24 bits per heavy atom. The number of hydrogen-bond donors (Lipinski definition) is 1. The highest BCUT2D eigenvalue weighted by atomic mass is 16.7. The maximum absolute atomic E-state index is 11.5. The minimum atomic E-state index is -1.08. The van der Waals surface area contributed by atoms with Crippen LogP contribution in [0.15, 0.2) is 0 Å². The molecule has 2 atom stereocenters. The first kappa shape index (κ1) is 19.4. The van der Waals surface area contributed by atoms with E-state index >= 15 is 0 Å². The van der Waals surface area contributed by atoms with Gasteiger partial charge >= 0.3 is 18.1 Å². The molecule has 0 unspecified atom stereocenters. The summed E-state index contributed by atoms with van der Waals surface area (Å²) in [7, 11) is 0. The van der Waals surface area contributed by atoms with E-state index in [9.17, 15) is 14.4 Å². The number of esters is 2. The van der Waals surface area contributed by atoms with Gasteiger partial charge in [0.2, 0.25) is 0 Å². The molecule has 0 aromatic carbocycles. The second-order valence-electron chi connectivity index (χ2n) is 5.74. The third kappa shape index (κ3) is 9.84. The summed E-state index contributed by atoms with van der Waals surface area (Å²) >= 11 is 0. The van der Waals surface area contributed by atoms with E-state index in [0.717, 1.165) is 0 Å². The van der Waals surface area contributed by atoms with Gasteiger partial charge in [-0.1, -0.05) is 6.92 Å². The van der Waals surface area contributed by atoms with Crippen molar-refractivity contribution in [3.05, 3.63) is 0 Å². The normalized spacial score (nSPS) is 14.0. The lowest BCUT2D eigenvalue weighted by atomic mass is 10.1. The van der Waals surface area contributed by atoms with E-state index in [2.05, 4.69) is 4.74 Å². The number of nitrogens with two attached hydrogens (primary N) is 1. The van der Waals surface area contributed by atoms with Gasteiger partial charge in [0, 0.05) is 6.42 Å². The molecule has 0 amide bonds. The molecule has 0 aromatic rings. The Kier molecular flexibility index (Phi) is 7.94. The van der Waals surface area contributed by atoms with Crippen LogP contribution in [0, 0.1) is 0 Å². The van der Waals surface area contributed by atoms with E-state index in [0.29, 0.717) is 6.42 Å². The molecule has 0 spiro atoms. The van der Waals surface area contributed by atoms with Crippen molar-refractivity contribution in [3.63, 3.8) is 0 Å². The smallest absolute Gasteiger partial charge is 0.460 e. The highest BCUT2D eigenvalue weighted by Crippen LogP contribution is 2.10. The van der Waals surface area contributed by atoms with Crippen molar-refractivity contribution in [2.45, 2.75) is 71.6 Å². The fraction of sp³-hybridized carbons (Fsp3) is 0.786. The Labute approximate surface area is 125 Å². The van der Waals surface area contributed by atoms with E-state index in [1.54, 1.807) is 27.7 Å². The van der Waals surface area contributed by atoms with Crippen LogP contribution in [0.5, 0.6) is 0 Å². The van der Waals surface area contributed by atoms with Crippen molar-refractivity contribution in [2.75, 3.05) is 0 Å². The molecule has 0 rings (SSSR count). The zero-order valence-electron chi connectivity index (χ0n) is 13.3. The molecule has 0 fully saturated rings. The summed E-state index contributed by atoms with van der Waals surface area (Å²) in [5.74, 6) is -1.39. The van der Waals surface area contributed by atoms with Crippen LogP contribution < -0.4 is 5.73 Å². The van der Waals surface area contributed by atoms with Crippen LogP contribution in [0.2, 0.25) is 0 Å². The Balaban J connectivity index is 4.11. The maximum atomic E-state index is 11.5. The van der Waals surface area contributed by atoms with Gasteiger partial charge in [-0.2, -0.15) is 0 Å². The van der Waals surface area contributed by atoms with Crippen LogP contribution in [0.1, 0.15) is 53.9 Å². The topological polar surface area (TPSA) is 105 Å². The van der Waals surface area contributed by atoms with E-state index in [1.165, 1.54) is 0 Å². The lowest BCUT2D eigenvalue weighted by Crippen LogP contribution is -2.35. The van der Waals surface area contributed by atoms with Gasteiger partial charge in [-0.05, 0) is 40.5 Å². The fourth-order valence-corrected chi connectivity index (χ4v) is 1.21. The summed E-state index contributed by atoms with van der Waals surface area (Å²) < 4.78 is 14.3. The Morgan fingerprint density at radius 2 is 1.76 bits per heavy atom.